The molecule has 2 fully saturated rings. The van der Waals surface area contributed by atoms with Crippen LogP contribution in [-0.4, -0.2) is 62.7 Å². The third-order valence-electron chi connectivity index (χ3n) is 5.01. The van der Waals surface area contributed by atoms with Gasteiger partial charge in [-0.1, -0.05) is 0 Å². The maximum Gasteiger partial charge on any atom is 0.290 e. The van der Waals surface area contributed by atoms with Crippen LogP contribution in [0.3, 0.4) is 0 Å². The summed E-state index contributed by atoms with van der Waals surface area (Å²) in [5.41, 5.74) is 3.44. The SMILES string of the molecule is O=CO.O[C@@H]1CO[C@H]2[C@@H]1OC[C@H]2n1cnc(-c2ccc(F)c(F)c2)c1-c1cncs1. The van der Waals surface area contributed by atoms with E-state index in [9.17, 15) is 13.9 Å². The number of nitrogens with zero attached hydrogens (tertiary/aromatic N) is 3. The lowest BCUT2D eigenvalue weighted by atomic mass is 10.1. The van der Waals surface area contributed by atoms with Gasteiger partial charge in [-0.2, -0.15) is 0 Å². The van der Waals surface area contributed by atoms with Gasteiger partial charge in [0.1, 0.15) is 18.3 Å². The van der Waals surface area contributed by atoms with Gasteiger partial charge in [0.05, 0.1) is 47.4 Å². The number of benzene rings is 1. The van der Waals surface area contributed by atoms with E-state index >= 15 is 0 Å². The minimum Gasteiger partial charge on any atom is -0.483 e. The predicted molar refractivity (Wildman–Crippen MR) is 102 cm³/mol. The zero-order valence-electron chi connectivity index (χ0n) is 15.4. The molecule has 1 aromatic carbocycles. The molecular weight excluding hydrogens is 420 g/mol. The molecule has 0 spiro atoms. The predicted octanol–water partition coefficient (Wildman–Crippen LogP) is 2.35. The number of thiazole rings is 1. The standard InChI is InChI=1S/C18H15F2N3O3S.CH2O2/c19-10-2-1-9(3-11(10)20)15-16(14-4-21-8-27-14)23(7-22-15)12-5-25-18-13(24)6-26-17(12)18;2-1-3/h1-4,7-8,12-13,17-18,24H,5-6H2;1H,(H,2,3)/t12-,13-,17-,18-;/m1./s1. The van der Waals surface area contributed by atoms with Gasteiger partial charge in [-0.3, -0.25) is 9.78 Å². The van der Waals surface area contributed by atoms with Crippen molar-refractivity contribution in [2.75, 3.05) is 13.2 Å². The van der Waals surface area contributed by atoms with Crippen molar-refractivity contribution >= 4 is 17.8 Å². The molecule has 3 aromatic rings. The summed E-state index contributed by atoms with van der Waals surface area (Å²) >= 11 is 1.42. The molecule has 2 aliphatic heterocycles. The molecule has 0 saturated carbocycles. The van der Waals surface area contributed by atoms with Crippen LogP contribution in [0, 0.1) is 11.6 Å². The number of aliphatic hydroxyl groups is 1. The highest BCUT2D eigenvalue weighted by Crippen LogP contribution is 2.40. The van der Waals surface area contributed by atoms with Crippen molar-refractivity contribution in [2.24, 2.45) is 0 Å². The Hall–Kier alpha value is -2.73. The fourth-order valence-electron chi connectivity index (χ4n) is 3.74. The van der Waals surface area contributed by atoms with Crippen LogP contribution in [0.25, 0.3) is 21.8 Å². The summed E-state index contributed by atoms with van der Waals surface area (Å²) in [5, 5.41) is 16.9. The molecule has 2 aromatic heterocycles. The van der Waals surface area contributed by atoms with Gasteiger partial charge in [0, 0.05) is 11.8 Å². The van der Waals surface area contributed by atoms with E-state index in [0.29, 0.717) is 17.9 Å². The van der Waals surface area contributed by atoms with Gasteiger partial charge < -0.3 is 24.3 Å². The molecule has 158 valence electrons. The molecule has 0 radical (unpaired) electrons. The van der Waals surface area contributed by atoms with E-state index in [0.717, 1.165) is 22.7 Å². The second-order valence-corrected chi connectivity index (χ2v) is 7.57. The topological polar surface area (TPSA) is 107 Å². The smallest absolute Gasteiger partial charge is 0.290 e. The van der Waals surface area contributed by atoms with Crippen LogP contribution in [0.5, 0.6) is 0 Å². The lowest BCUT2D eigenvalue weighted by Gasteiger charge is -2.20. The minimum atomic E-state index is -0.927. The zero-order chi connectivity index (χ0) is 21.3. The number of carboxylic acid groups (broad SMARTS) is 1. The number of imidazole rings is 1. The van der Waals surface area contributed by atoms with E-state index in [1.165, 1.54) is 17.4 Å². The third kappa shape index (κ3) is 3.60. The van der Waals surface area contributed by atoms with Crippen LogP contribution < -0.4 is 0 Å². The van der Waals surface area contributed by atoms with Crippen LogP contribution in [0.2, 0.25) is 0 Å². The Balaban J connectivity index is 0.000000687. The fraction of sp³-hybridized carbons (Fsp3) is 0.316. The van der Waals surface area contributed by atoms with Gasteiger partial charge in [0.15, 0.2) is 11.6 Å². The van der Waals surface area contributed by atoms with E-state index in [1.807, 2.05) is 4.57 Å². The Morgan fingerprint density at radius 3 is 2.67 bits per heavy atom. The summed E-state index contributed by atoms with van der Waals surface area (Å²) in [5.74, 6) is -1.83. The van der Waals surface area contributed by atoms with Crippen molar-refractivity contribution in [3.05, 3.63) is 47.9 Å². The van der Waals surface area contributed by atoms with E-state index in [1.54, 1.807) is 18.0 Å². The van der Waals surface area contributed by atoms with Crippen molar-refractivity contribution in [3.8, 4) is 21.8 Å². The third-order valence-corrected chi connectivity index (χ3v) is 5.79. The average molecular weight is 437 g/mol. The Morgan fingerprint density at radius 1 is 1.20 bits per heavy atom. The molecule has 0 bridgehead atoms. The maximum absolute atomic E-state index is 13.8. The summed E-state index contributed by atoms with van der Waals surface area (Å²) in [7, 11) is 0. The molecule has 0 aliphatic carbocycles. The molecule has 2 N–H and O–H groups in total. The normalized spacial score (nSPS) is 24.9. The molecule has 4 atom stereocenters. The quantitative estimate of drug-likeness (QED) is 0.606. The first kappa shape index (κ1) is 20.5. The summed E-state index contributed by atoms with van der Waals surface area (Å²) in [6.45, 7) is 0.345. The summed E-state index contributed by atoms with van der Waals surface area (Å²) in [4.78, 5) is 17.8. The Bertz CT molecular complexity index is 1030. The van der Waals surface area contributed by atoms with Crippen molar-refractivity contribution in [1.29, 1.82) is 0 Å². The van der Waals surface area contributed by atoms with E-state index < -0.39 is 17.7 Å². The van der Waals surface area contributed by atoms with E-state index in [-0.39, 0.29) is 31.3 Å². The average Bonchev–Trinajstić information content (AvgIpc) is 3.49. The fourth-order valence-corrected chi connectivity index (χ4v) is 4.41. The maximum atomic E-state index is 13.8. The molecule has 2 saturated heterocycles. The van der Waals surface area contributed by atoms with E-state index in [4.69, 9.17) is 19.4 Å². The van der Waals surface area contributed by atoms with Crippen LogP contribution in [0.4, 0.5) is 8.78 Å². The Labute approximate surface area is 173 Å². The molecule has 8 nitrogen and oxygen atoms in total. The number of fused-ring (bicyclic) bond motifs is 1. The summed E-state index contributed by atoms with van der Waals surface area (Å²) < 4.78 is 40.5. The molecule has 11 heteroatoms. The Kier molecular flexibility index (Phi) is 5.86. The number of aliphatic hydroxyl groups excluding tert-OH is 1. The molecule has 2 aliphatic rings. The first-order valence-electron chi connectivity index (χ1n) is 8.95. The number of carbonyl (C=O) groups is 1. The van der Waals surface area contributed by atoms with E-state index in [2.05, 4.69) is 9.97 Å². The molecule has 4 heterocycles. The first-order valence-corrected chi connectivity index (χ1v) is 9.83. The van der Waals surface area contributed by atoms with Crippen LogP contribution in [-0.2, 0) is 14.3 Å². The van der Waals surface area contributed by atoms with Gasteiger partial charge in [-0.15, -0.1) is 11.3 Å². The number of rotatable bonds is 3. The van der Waals surface area contributed by atoms with Gasteiger partial charge in [-0.05, 0) is 18.2 Å². The number of hydrogen-bond donors (Lipinski definition) is 2. The molecular formula is C19H17F2N3O5S. The second-order valence-electron chi connectivity index (χ2n) is 6.68. The highest BCUT2D eigenvalue weighted by Gasteiger charge is 2.48. The van der Waals surface area contributed by atoms with Crippen molar-refractivity contribution in [3.63, 3.8) is 0 Å². The first-order chi connectivity index (χ1) is 14.5. The number of halogens is 2. The van der Waals surface area contributed by atoms with Crippen molar-refractivity contribution < 1.29 is 33.3 Å². The summed E-state index contributed by atoms with van der Waals surface area (Å²) in [6.07, 6.45) is 2.04. The van der Waals surface area contributed by atoms with Crippen molar-refractivity contribution in [1.82, 2.24) is 14.5 Å². The van der Waals surface area contributed by atoms with Gasteiger partial charge >= 0.3 is 0 Å². The highest BCUT2D eigenvalue weighted by molar-refractivity contribution is 7.13. The van der Waals surface area contributed by atoms with Gasteiger partial charge in [0.25, 0.3) is 6.47 Å². The largest absolute Gasteiger partial charge is 0.483 e. The minimum absolute atomic E-state index is 0.184. The molecule has 0 unspecified atom stereocenters. The van der Waals surface area contributed by atoms with Crippen LogP contribution >= 0.6 is 11.3 Å². The lowest BCUT2D eigenvalue weighted by Crippen LogP contribution is -2.30. The van der Waals surface area contributed by atoms with Gasteiger partial charge in [-0.25, -0.2) is 13.8 Å². The lowest BCUT2D eigenvalue weighted by molar-refractivity contribution is -0.122. The van der Waals surface area contributed by atoms with Crippen molar-refractivity contribution in [2.45, 2.75) is 24.4 Å². The summed E-state index contributed by atoms with van der Waals surface area (Å²) in [6, 6.07) is 3.54. The van der Waals surface area contributed by atoms with Gasteiger partial charge in [0.2, 0.25) is 0 Å². The zero-order valence-corrected chi connectivity index (χ0v) is 16.2. The Morgan fingerprint density at radius 2 is 1.97 bits per heavy atom. The monoisotopic (exact) mass is 437 g/mol. The molecule has 30 heavy (non-hydrogen) atoms. The molecule has 0 amide bonds. The second kappa shape index (κ2) is 8.56. The van der Waals surface area contributed by atoms with Crippen LogP contribution in [0.15, 0.2) is 36.2 Å². The number of hydrogen-bond acceptors (Lipinski definition) is 7. The molecule has 5 rings (SSSR count). The highest BCUT2D eigenvalue weighted by atomic mass is 32.1. The van der Waals surface area contributed by atoms with Crippen LogP contribution in [0.1, 0.15) is 6.04 Å². The number of aromatic nitrogens is 3. The number of ether oxygens (including phenoxy) is 2.